The van der Waals surface area contributed by atoms with Crippen molar-refractivity contribution in [1.29, 1.82) is 0 Å². The zero-order valence-electron chi connectivity index (χ0n) is 10.5. The number of phenols is 1. The third-order valence-electron chi connectivity index (χ3n) is 2.43. The summed E-state index contributed by atoms with van der Waals surface area (Å²) < 4.78 is 4.74. The number of rotatable bonds is 5. The van der Waals surface area contributed by atoms with Gasteiger partial charge in [-0.15, -0.1) is 0 Å². The summed E-state index contributed by atoms with van der Waals surface area (Å²) >= 11 is 0. The van der Waals surface area contributed by atoms with Crippen molar-refractivity contribution in [1.82, 2.24) is 5.32 Å². The fourth-order valence-electron chi connectivity index (χ4n) is 1.48. The van der Waals surface area contributed by atoms with Gasteiger partial charge in [-0.25, -0.2) is 4.79 Å². The number of aromatic hydroxyl groups is 1. The minimum atomic E-state index is -0.617. The molecular formula is C13H17NO4. The molecule has 1 aromatic rings. The van der Waals surface area contributed by atoms with Gasteiger partial charge in [-0.05, 0) is 38.0 Å². The lowest BCUT2D eigenvalue weighted by Crippen LogP contribution is -2.41. The van der Waals surface area contributed by atoms with Gasteiger partial charge in [0, 0.05) is 0 Å². The van der Waals surface area contributed by atoms with E-state index in [0.29, 0.717) is 6.42 Å². The molecule has 0 aliphatic rings. The van der Waals surface area contributed by atoms with E-state index >= 15 is 0 Å². The third-order valence-corrected chi connectivity index (χ3v) is 2.43. The van der Waals surface area contributed by atoms with Crippen LogP contribution in [0.3, 0.4) is 0 Å². The van der Waals surface area contributed by atoms with Crippen molar-refractivity contribution in [2.45, 2.75) is 26.3 Å². The summed E-state index contributed by atoms with van der Waals surface area (Å²) in [5, 5.41) is 11.7. The Balaban J connectivity index is 2.65. The van der Waals surface area contributed by atoms with Crippen LogP contribution in [0, 0.1) is 0 Å². The smallest absolute Gasteiger partial charge is 0.407 e. The molecule has 1 rings (SSSR count). The van der Waals surface area contributed by atoms with E-state index in [1.54, 1.807) is 19.1 Å². The summed E-state index contributed by atoms with van der Waals surface area (Å²) in [6.07, 6.45) is -0.231. The van der Waals surface area contributed by atoms with Crippen molar-refractivity contribution in [3.63, 3.8) is 0 Å². The molecule has 0 saturated carbocycles. The first-order chi connectivity index (χ1) is 8.52. The van der Waals surface area contributed by atoms with Crippen molar-refractivity contribution < 1.29 is 19.4 Å². The van der Waals surface area contributed by atoms with Gasteiger partial charge < -0.3 is 15.2 Å². The lowest BCUT2D eigenvalue weighted by molar-refractivity contribution is -0.118. The number of carbonyl (C=O) groups excluding carboxylic acids is 2. The summed E-state index contributed by atoms with van der Waals surface area (Å²) in [5.74, 6) is 0.0209. The predicted molar refractivity (Wildman–Crippen MR) is 66.4 cm³/mol. The first-order valence-corrected chi connectivity index (χ1v) is 5.74. The molecule has 5 nitrogen and oxygen atoms in total. The zero-order chi connectivity index (χ0) is 13.5. The summed E-state index contributed by atoms with van der Waals surface area (Å²) in [7, 11) is 0. The Labute approximate surface area is 106 Å². The van der Waals surface area contributed by atoms with E-state index in [-0.39, 0.29) is 18.1 Å². The minimum absolute atomic E-state index is 0.142. The fourth-order valence-corrected chi connectivity index (χ4v) is 1.48. The molecule has 2 N–H and O–H groups in total. The molecule has 18 heavy (non-hydrogen) atoms. The van der Waals surface area contributed by atoms with E-state index in [1.807, 2.05) is 0 Å². The highest BCUT2D eigenvalue weighted by Gasteiger charge is 2.18. The van der Waals surface area contributed by atoms with E-state index in [4.69, 9.17) is 9.84 Å². The average molecular weight is 251 g/mol. The maximum Gasteiger partial charge on any atom is 0.407 e. The highest BCUT2D eigenvalue weighted by molar-refractivity contribution is 5.85. The van der Waals surface area contributed by atoms with Gasteiger partial charge >= 0.3 is 6.09 Å². The molecule has 1 atom stereocenters. The monoisotopic (exact) mass is 251 g/mol. The molecule has 1 unspecified atom stereocenters. The van der Waals surface area contributed by atoms with Crippen LogP contribution in [0.1, 0.15) is 19.4 Å². The molecule has 0 radical (unpaired) electrons. The summed E-state index contributed by atoms with van der Waals surface area (Å²) in [4.78, 5) is 22.7. The number of ether oxygens (including phenoxy) is 1. The normalized spacial score (nSPS) is 11.7. The second-order valence-corrected chi connectivity index (χ2v) is 3.90. The Morgan fingerprint density at radius 2 is 1.94 bits per heavy atom. The number of Topliss-reactive ketones (excluding diaryl/α,β-unsaturated/α-hetero) is 1. The van der Waals surface area contributed by atoms with Gasteiger partial charge in [0.15, 0.2) is 5.78 Å². The molecule has 0 spiro atoms. The Hall–Kier alpha value is -2.04. The van der Waals surface area contributed by atoms with E-state index < -0.39 is 12.1 Å². The molecule has 1 aromatic carbocycles. The third kappa shape index (κ3) is 4.45. The van der Waals surface area contributed by atoms with Crippen LogP contribution in [0.15, 0.2) is 24.3 Å². The standard InChI is InChI=1S/C13H17NO4/c1-3-18-13(17)14-12(9(2)15)8-10-4-6-11(16)7-5-10/h4-7,12,16H,3,8H2,1-2H3,(H,14,17). The van der Waals surface area contributed by atoms with Crippen LogP contribution in [0.2, 0.25) is 0 Å². The van der Waals surface area contributed by atoms with Gasteiger partial charge in [0.2, 0.25) is 0 Å². The quantitative estimate of drug-likeness (QED) is 0.834. The van der Waals surface area contributed by atoms with Crippen molar-refractivity contribution in [3.05, 3.63) is 29.8 Å². The number of amides is 1. The van der Waals surface area contributed by atoms with Gasteiger partial charge in [-0.2, -0.15) is 0 Å². The molecule has 0 bridgehead atoms. The van der Waals surface area contributed by atoms with Gasteiger partial charge in [0.1, 0.15) is 5.75 Å². The Kier molecular flexibility index (Phi) is 5.17. The van der Waals surface area contributed by atoms with Crippen molar-refractivity contribution >= 4 is 11.9 Å². The number of hydrogen-bond acceptors (Lipinski definition) is 4. The Morgan fingerprint density at radius 3 is 2.44 bits per heavy atom. The molecule has 0 fully saturated rings. The van der Waals surface area contributed by atoms with Crippen LogP contribution >= 0.6 is 0 Å². The van der Waals surface area contributed by atoms with Gasteiger partial charge in [0.25, 0.3) is 0 Å². The van der Waals surface area contributed by atoms with Crippen LogP contribution in [0.4, 0.5) is 4.79 Å². The zero-order valence-corrected chi connectivity index (χ0v) is 10.5. The van der Waals surface area contributed by atoms with E-state index in [2.05, 4.69) is 5.32 Å². The Morgan fingerprint density at radius 1 is 1.33 bits per heavy atom. The summed E-state index contributed by atoms with van der Waals surface area (Å²) in [6, 6.07) is 5.87. The minimum Gasteiger partial charge on any atom is -0.508 e. The van der Waals surface area contributed by atoms with Crippen molar-refractivity contribution in [2.75, 3.05) is 6.61 Å². The number of carbonyl (C=O) groups is 2. The topological polar surface area (TPSA) is 75.6 Å². The molecule has 0 saturated heterocycles. The van der Waals surface area contributed by atoms with Crippen LogP contribution in [0.25, 0.3) is 0 Å². The largest absolute Gasteiger partial charge is 0.508 e. The Bertz CT molecular complexity index is 414. The van der Waals surface area contributed by atoms with Crippen LogP contribution in [-0.2, 0) is 16.0 Å². The molecule has 0 heterocycles. The SMILES string of the molecule is CCOC(=O)NC(Cc1ccc(O)cc1)C(C)=O. The van der Waals surface area contributed by atoms with Gasteiger partial charge in [0.05, 0.1) is 12.6 Å². The predicted octanol–water partition coefficient (Wildman–Crippen LogP) is 1.64. The molecule has 0 aliphatic heterocycles. The molecular weight excluding hydrogens is 234 g/mol. The van der Waals surface area contributed by atoms with Crippen LogP contribution in [-0.4, -0.2) is 29.6 Å². The molecule has 98 valence electrons. The van der Waals surface area contributed by atoms with Gasteiger partial charge in [-0.1, -0.05) is 12.1 Å². The van der Waals surface area contributed by atoms with Crippen molar-refractivity contribution in [3.8, 4) is 5.75 Å². The second-order valence-electron chi connectivity index (χ2n) is 3.90. The first-order valence-electron chi connectivity index (χ1n) is 5.74. The molecule has 0 aromatic heterocycles. The lowest BCUT2D eigenvalue weighted by atomic mass is 10.0. The maximum absolute atomic E-state index is 11.4. The van der Waals surface area contributed by atoms with E-state index in [1.165, 1.54) is 19.1 Å². The number of ketones is 1. The summed E-state index contributed by atoms with van der Waals surface area (Å²) in [5.41, 5.74) is 0.852. The lowest BCUT2D eigenvalue weighted by Gasteiger charge is -2.15. The number of alkyl carbamates (subject to hydrolysis) is 1. The highest BCUT2D eigenvalue weighted by Crippen LogP contribution is 2.11. The van der Waals surface area contributed by atoms with Crippen LogP contribution < -0.4 is 5.32 Å². The second kappa shape index (κ2) is 6.64. The first kappa shape index (κ1) is 14.0. The molecule has 1 amide bonds. The number of hydrogen-bond donors (Lipinski definition) is 2. The molecule has 5 heteroatoms. The average Bonchev–Trinajstić information content (AvgIpc) is 2.31. The number of phenolic OH excluding ortho intramolecular Hbond substituents is 1. The highest BCUT2D eigenvalue weighted by atomic mass is 16.5. The van der Waals surface area contributed by atoms with E-state index in [0.717, 1.165) is 5.56 Å². The molecule has 0 aliphatic carbocycles. The summed E-state index contributed by atoms with van der Waals surface area (Å²) in [6.45, 7) is 3.37. The van der Waals surface area contributed by atoms with Gasteiger partial charge in [-0.3, -0.25) is 4.79 Å². The maximum atomic E-state index is 11.4. The fraction of sp³-hybridized carbons (Fsp3) is 0.385. The van der Waals surface area contributed by atoms with Crippen molar-refractivity contribution in [2.24, 2.45) is 0 Å². The number of nitrogens with one attached hydrogen (secondary N) is 1. The number of benzene rings is 1. The van der Waals surface area contributed by atoms with Crippen LogP contribution in [0.5, 0.6) is 5.75 Å². The van der Waals surface area contributed by atoms with E-state index in [9.17, 15) is 9.59 Å².